The standard InChI is InChI=1S/C14H15N3O2/c18-13(19)6-14(9-15-10-14)17-8-12(7-16-17)11-4-2-1-3-5-11/h1-5,7-8,15H,6,9-10H2,(H,18,19). The smallest absolute Gasteiger partial charge is 0.305 e. The number of hydrogen-bond acceptors (Lipinski definition) is 3. The van der Waals surface area contributed by atoms with Crippen LogP contribution >= 0.6 is 0 Å². The van der Waals surface area contributed by atoms with Crippen molar-refractivity contribution in [2.45, 2.75) is 12.0 Å². The number of aliphatic carboxylic acids is 1. The Labute approximate surface area is 110 Å². The third-order valence-electron chi connectivity index (χ3n) is 3.56. The lowest BCUT2D eigenvalue weighted by molar-refractivity contribution is -0.140. The average molecular weight is 257 g/mol. The normalized spacial score (nSPS) is 16.8. The first-order valence-corrected chi connectivity index (χ1v) is 6.23. The summed E-state index contributed by atoms with van der Waals surface area (Å²) in [4.78, 5) is 11.0. The van der Waals surface area contributed by atoms with E-state index in [4.69, 9.17) is 5.11 Å². The average Bonchev–Trinajstić information content (AvgIpc) is 2.84. The second-order valence-corrected chi connectivity index (χ2v) is 4.94. The van der Waals surface area contributed by atoms with Gasteiger partial charge in [0.15, 0.2) is 0 Å². The predicted molar refractivity (Wildman–Crippen MR) is 70.8 cm³/mol. The van der Waals surface area contributed by atoms with Crippen LogP contribution in [0.1, 0.15) is 6.42 Å². The Bertz CT molecular complexity index is 588. The molecule has 2 N–H and O–H groups in total. The van der Waals surface area contributed by atoms with E-state index in [1.807, 2.05) is 36.5 Å². The minimum Gasteiger partial charge on any atom is -0.481 e. The van der Waals surface area contributed by atoms with E-state index in [2.05, 4.69) is 10.4 Å². The lowest BCUT2D eigenvalue weighted by atomic mass is 9.89. The third kappa shape index (κ3) is 2.13. The molecule has 1 saturated heterocycles. The van der Waals surface area contributed by atoms with Gasteiger partial charge in [-0.3, -0.25) is 9.48 Å². The van der Waals surface area contributed by atoms with Crippen LogP contribution in [0, 0.1) is 0 Å². The molecule has 2 aromatic rings. The Morgan fingerprint density at radius 3 is 2.63 bits per heavy atom. The molecule has 1 aliphatic heterocycles. The maximum Gasteiger partial charge on any atom is 0.305 e. The fraction of sp³-hybridized carbons (Fsp3) is 0.286. The molecule has 0 radical (unpaired) electrons. The maximum atomic E-state index is 11.0. The van der Waals surface area contributed by atoms with Crippen molar-refractivity contribution >= 4 is 5.97 Å². The van der Waals surface area contributed by atoms with Crippen LogP contribution in [0.5, 0.6) is 0 Å². The quantitative estimate of drug-likeness (QED) is 0.867. The van der Waals surface area contributed by atoms with Crippen LogP contribution in [-0.4, -0.2) is 33.9 Å². The number of aromatic nitrogens is 2. The molecule has 0 amide bonds. The van der Waals surface area contributed by atoms with Gasteiger partial charge >= 0.3 is 5.97 Å². The zero-order chi connectivity index (χ0) is 13.3. The van der Waals surface area contributed by atoms with E-state index in [0.29, 0.717) is 13.1 Å². The van der Waals surface area contributed by atoms with Gasteiger partial charge in [0.1, 0.15) is 0 Å². The van der Waals surface area contributed by atoms with Gasteiger partial charge in [-0.15, -0.1) is 0 Å². The Hall–Kier alpha value is -2.14. The van der Waals surface area contributed by atoms with Crippen LogP contribution in [0.15, 0.2) is 42.7 Å². The molecule has 1 aromatic heterocycles. The summed E-state index contributed by atoms with van der Waals surface area (Å²) in [5.41, 5.74) is 1.68. The van der Waals surface area contributed by atoms with E-state index < -0.39 is 11.5 Å². The summed E-state index contributed by atoms with van der Waals surface area (Å²) in [5, 5.41) is 16.5. The highest BCUT2D eigenvalue weighted by Crippen LogP contribution is 2.28. The lowest BCUT2D eigenvalue weighted by Crippen LogP contribution is -2.61. The van der Waals surface area contributed by atoms with Crippen LogP contribution in [0.25, 0.3) is 11.1 Å². The summed E-state index contributed by atoms with van der Waals surface area (Å²) < 4.78 is 1.79. The minimum absolute atomic E-state index is 0.0932. The molecular formula is C14H15N3O2. The van der Waals surface area contributed by atoms with Gasteiger partial charge in [0.2, 0.25) is 0 Å². The van der Waals surface area contributed by atoms with Crippen molar-refractivity contribution in [1.29, 1.82) is 0 Å². The summed E-state index contributed by atoms with van der Waals surface area (Å²) in [6.07, 6.45) is 3.81. The van der Waals surface area contributed by atoms with Crippen LogP contribution in [0.3, 0.4) is 0 Å². The highest BCUT2D eigenvalue weighted by atomic mass is 16.4. The molecule has 19 heavy (non-hydrogen) atoms. The molecule has 0 spiro atoms. The minimum atomic E-state index is -0.793. The fourth-order valence-electron chi connectivity index (χ4n) is 2.42. The van der Waals surface area contributed by atoms with Crippen LogP contribution in [0.4, 0.5) is 0 Å². The molecule has 1 aromatic carbocycles. The number of nitrogens with one attached hydrogen (secondary N) is 1. The summed E-state index contributed by atoms with van der Waals surface area (Å²) in [5.74, 6) is -0.793. The van der Waals surface area contributed by atoms with E-state index in [-0.39, 0.29) is 6.42 Å². The fourth-order valence-corrected chi connectivity index (χ4v) is 2.42. The summed E-state index contributed by atoms with van der Waals surface area (Å²) >= 11 is 0. The molecule has 5 heteroatoms. The van der Waals surface area contributed by atoms with Gasteiger partial charge in [-0.25, -0.2) is 0 Å². The number of rotatable bonds is 4. The second-order valence-electron chi connectivity index (χ2n) is 4.94. The molecule has 3 rings (SSSR count). The van der Waals surface area contributed by atoms with Gasteiger partial charge in [-0.05, 0) is 5.56 Å². The largest absolute Gasteiger partial charge is 0.481 e. The molecule has 0 atom stereocenters. The zero-order valence-corrected chi connectivity index (χ0v) is 10.4. The van der Waals surface area contributed by atoms with Crippen molar-refractivity contribution in [3.05, 3.63) is 42.7 Å². The SMILES string of the molecule is O=C(O)CC1(n2cc(-c3ccccc3)cn2)CNC1. The molecule has 0 bridgehead atoms. The molecule has 0 saturated carbocycles. The van der Waals surface area contributed by atoms with Gasteiger partial charge in [0.05, 0.1) is 18.2 Å². The van der Waals surface area contributed by atoms with E-state index in [1.165, 1.54) is 0 Å². The highest BCUT2D eigenvalue weighted by Gasteiger charge is 2.41. The first kappa shape index (κ1) is 11.9. The number of carboxylic acid groups (broad SMARTS) is 1. The summed E-state index contributed by atoms with van der Waals surface area (Å²) in [6, 6.07) is 9.96. The number of benzene rings is 1. The first-order valence-electron chi connectivity index (χ1n) is 6.23. The Balaban J connectivity index is 1.90. The van der Waals surface area contributed by atoms with Crippen molar-refractivity contribution in [2.75, 3.05) is 13.1 Å². The Morgan fingerprint density at radius 1 is 1.32 bits per heavy atom. The van der Waals surface area contributed by atoms with Gasteiger partial charge in [0, 0.05) is 24.8 Å². The zero-order valence-electron chi connectivity index (χ0n) is 10.4. The van der Waals surface area contributed by atoms with E-state index in [0.717, 1.165) is 11.1 Å². The maximum absolute atomic E-state index is 11.0. The highest BCUT2D eigenvalue weighted by molar-refractivity contribution is 5.68. The molecule has 98 valence electrons. The number of nitrogens with zero attached hydrogens (tertiary/aromatic N) is 2. The van der Waals surface area contributed by atoms with Gasteiger partial charge < -0.3 is 10.4 Å². The monoisotopic (exact) mass is 257 g/mol. The molecule has 1 aliphatic rings. The van der Waals surface area contributed by atoms with E-state index >= 15 is 0 Å². The van der Waals surface area contributed by atoms with Crippen molar-refractivity contribution in [1.82, 2.24) is 15.1 Å². The van der Waals surface area contributed by atoms with E-state index in [1.54, 1.807) is 10.9 Å². The van der Waals surface area contributed by atoms with Crippen LogP contribution < -0.4 is 5.32 Å². The molecule has 1 fully saturated rings. The van der Waals surface area contributed by atoms with Gasteiger partial charge in [-0.1, -0.05) is 30.3 Å². The number of carbonyl (C=O) groups is 1. The van der Waals surface area contributed by atoms with Crippen molar-refractivity contribution in [3.8, 4) is 11.1 Å². The molecule has 0 unspecified atom stereocenters. The number of carboxylic acids is 1. The van der Waals surface area contributed by atoms with Crippen LogP contribution in [-0.2, 0) is 10.3 Å². The van der Waals surface area contributed by atoms with Crippen molar-refractivity contribution in [3.63, 3.8) is 0 Å². The summed E-state index contributed by atoms with van der Waals surface area (Å²) in [7, 11) is 0. The Morgan fingerprint density at radius 2 is 2.05 bits per heavy atom. The number of hydrogen-bond donors (Lipinski definition) is 2. The van der Waals surface area contributed by atoms with Crippen LogP contribution in [0.2, 0.25) is 0 Å². The first-order chi connectivity index (χ1) is 9.20. The van der Waals surface area contributed by atoms with Gasteiger partial charge in [0.25, 0.3) is 0 Å². The van der Waals surface area contributed by atoms with Gasteiger partial charge in [-0.2, -0.15) is 5.10 Å². The predicted octanol–water partition coefficient (Wildman–Crippen LogP) is 1.32. The second kappa shape index (κ2) is 4.51. The topological polar surface area (TPSA) is 67.1 Å². The molecular weight excluding hydrogens is 242 g/mol. The molecule has 5 nitrogen and oxygen atoms in total. The summed E-state index contributed by atoms with van der Waals surface area (Å²) in [6.45, 7) is 1.30. The third-order valence-corrected chi connectivity index (χ3v) is 3.56. The lowest BCUT2D eigenvalue weighted by Gasteiger charge is -2.41. The van der Waals surface area contributed by atoms with Crippen molar-refractivity contribution in [2.24, 2.45) is 0 Å². The molecule has 0 aliphatic carbocycles. The molecule has 2 heterocycles. The Kier molecular flexibility index (Phi) is 2.83. The van der Waals surface area contributed by atoms with E-state index in [9.17, 15) is 4.79 Å². The van der Waals surface area contributed by atoms with Crippen molar-refractivity contribution < 1.29 is 9.90 Å².